The fraction of sp³-hybridized carbons (Fsp3) is 0.0588. The molecule has 0 fully saturated rings. The first-order chi connectivity index (χ1) is 12.1. The number of aryl methyl sites for hydroxylation is 1. The van der Waals surface area contributed by atoms with Crippen molar-refractivity contribution < 1.29 is 0 Å². The van der Waals surface area contributed by atoms with Crippen LogP contribution in [-0.2, 0) is 0 Å². The fourth-order valence-corrected chi connectivity index (χ4v) is 2.80. The van der Waals surface area contributed by atoms with Crippen molar-refractivity contribution in [3.05, 3.63) is 70.8 Å². The summed E-state index contributed by atoms with van der Waals surface area (Å²) < 4.78 is 2.86. The lowest BCUT2D eigenvalue weighted by molar-refractivity contribution is 0.887. The van der Waals surface area contributed by atoms with Gasteiger partial charge in [0.1, 0.15) is 5.82 Å². The molecule has 2 aromatic heterocycles. The SMILES string of the molecule is Cc1nn2c(=O)c3ccccc3nc2n1NC(=S)Nc1ccccc1. The maximum absolute atomic E-state index is 12.6. The van der Waals surface area contributed by atoms with Gasteiger partial charge >= 0.3 is 0 Å². The van der Waals surface area contributed by atoms with E-state index in [0.29, 0.717) is 27.6 Å². The highest BCUT2D eigenvalue weighted by Gasteiger charge is 2.14. The molecular weight excluding hydrogens is 336 g/mol. The quantitative estimate of drug-likeness (QED) is 0.540. The smallest absolute Gasteiger partial charge is 0.283 e. The Hall–Kier alpha value is -3.26. The standard InChI is InChI=1S/C17H14N6OS/c1-11-20-23-15(24)13-9-5-6-10-14(13)19-17(23)22(11)21-16(25)18-12-7-3-2-4-8-12/h2-10H,1H3,(H2,18,21,25). The van der Waals surface area contributed by atoms with Crippen LogP contribution in [0.25, 0.3) is 16.7 Å². The molecule has 0 aliphatic carbocycles. The van der Waals surface area contributed by atoms with Crippen LogP contribution in [0.1, 0.15) is 5.82 Å². The molecule has 2 aromatic carbocycles. The Morgan fingerprint density at radius 3 is 2.60 bits per heavy atom. The van der Waals surface area contributed by atoms with Gasteiger partial charge in [-0.05, 0) is 43.4 Å². The summed E-state index contributed by atoms with van der Waals surface area (Å²) in [6.45, 7) is 1.77. The molecule has 0 bridgehead atoms. The van der Waals surface area contributed by atoms with E-state index in [1.165, 1.54) is 4.52 Å². The molecule has 2 heterocycles. The molecule has 0 amide bonds. The Bertz CT molecular complexity index is 1150. The number of thiocarbonyl (C=S) groups is 1. The van der Waals surface area contributed by atoms with Crippen LogP contribution in [0, 0.1) is 6.92 Å². The third-order valence-electron chi connectivity index (χ3n) is 3.75. The number of nitrogens with zero attached hydrogens (tertiary/aromatic N) is 4. The molecule has 0 aliphatic rings. The summed E-state index contributed by atoms with van der Waals surface area (Å²) in [6, 6.07) is 16.7. The minimum Gasteiger partial charge on any atom is -0.331 e. The Morgan fingerprint density at radius 2 is 1.80 bits per heavy atom. The summed E-state index contributed by atoms with van der Waals surface area (Å²) >= 11 is 5.35. The minimum absolute atomic E-state index is 0.216. The molecule has 8 heteroatoms. The van der Waals surface area contributed by atoms with E-state index in [0.717, 1.165) is 5.69 Å². The van der Waals surface area contributed by atoms with Gasteiger partial charge in [-0.25, -0.2) is 9.66 Å². The number of anilines is 1. The Balaban J connectivity index is 1.76. The van der Waals surface area contributed by atoms with E-state index in [1.54, 1.807) is 29.8 Å². The molecule has 0 aliphatic heterocycles. The van der Waals surface area contributed by atoms with Crippen molar-refractivity contribution in [3.8, 4) is 0 Å². The lowest BCUT2D eigenvalue weighted by atomic mass is 10.2. The third-order valence-corrected chi connectivity index (χ3v) is 3.94. The number of fused-ring (bicyclic) bond motifs is 2. The first-order valence-corrected chi connectivity index (χ1v) is 8.04. The van der Waals surface area contributed by atoms with Gasteiger partial charge < -0.3 is 5.32 Å². The summed E-state index contributed by atoms with van der Waals surface area (Å²) in [4.78, 5) is 17.1. The number of para-hydroxylation sites is 2. The zero-order valence-corrected chi connectivity index (χ0v) is 14.1. The van der Waals surface area contributed by atoms with Crippen molar-refractivity contribution in [1.82, 2.24) is 19.3 Å². The lowest BCUT2D eigenvalue weighted by Gasteiger charge is -2.12. The van der Waals surface area contributed by atoms with Gasteiger partial charge in [0.2, 0.25) is 0 Å². The van der Waals surface area contributed by atoms with Crippen molar-refractivity contribution in [1.29, 1.82) is 0 Å². The Kier molecular flexibility index (Phi) is 3.66. The topological polar surface area (TPSA) is 76.2 Å². The van der Waals surface area contributed by atoms with Gasteiger partial charge in [0, 0.05) is 5.69 Å². The van der Waals surface area contributed by atoms with Crippen molar-refractivity contribution in [2.24, 2.45) is 0 Å². The lowest BCUT2D eigenvalue weighted by Crippen LogP contribution is -2.29. The van der Waals surface area contributed by atoms with E-state index >= 15 is 0 Å². The number of rotatable bonds is 2. The van der Waals surface area contributed by atoms with Crippen LogP contribution >= 0.6 is 12.2 Å². The fourth-order valence-electron chi connectivity index (χ4n) is 2.59. The largest absolute Gasteiger partial charge is 0.331 e. The Labute approximate surface area is 147 Å². The second-order valence-electron chi connectivity index (χ2n) is 5.46. The van der Waals surface area contributed by atoms with Crippen LogP contribution < -0.4 is 16.3 Å². The number of benzene rings is 2. The summed E-state index contributed by atoms with van der Waals surface area (Å²) in [5.74, 6) is 0.940. The molecule has 7 nitrogen and oxygen atoms in total. The third kappa shape index (κ3) is 2.72. The predicted molar refractivity (Wildman–Crippen MR) is 102 cm³/mol. The molecule has 0 saturated heterocycles. The van der Waals surface area contributed by atoms with Gasteiger partial charge in [-0.3, -0.25) is 10.2 Å². The van der Waals surface area contributed by atoms with Crippen LogP contribution in [0.2, 0.25) is 0 Å². The van der Waals surface area contributed by atoms with Gasteiger partial charge in [0.05, 0.1) is 10.9 Å². The number of hydrogen-bond donors (Lipinski definition) is 2. The summed E-state index contributed by atoms with van der Waals surface area (Å²) in [7, 11) is 0. The van der Waals surface area contributed by atoms with Crippen LogP contribution in [0.5, 0.6) is 0 Å². The molecule has 25 heavy (non-hydrogen) atoms. The van der Waals surface area contributed by atoms with Gasteiger partial charge in [-0.1, -0.05) is 30.3 Å². The predicted octanol–water partition coefficient (Wildman–Crippen LogP) is 2.29. The molecule has 0 saturated carbocycles. The van der Waals surface area contributed by atoms with Crippen molar-refractivity contribution >= 4 is 39.7 Å². The van der Waals surface area contributed by atoms with Crippen molar-refractivity contribution in [2.45, 2.75) is 6.92 Å². The van der Waals surface area contributed by atoms with E-state index in [1.807, 2.05) is 36.4 Å². The van der Waals surface area contributed by atoms with E-state index in [9.17, 15) is 4.79 Å². The number of aromatic nitrogens is 4. The molecule has 2 N–H and O–H groups in total. The van der Waals surface area contributed by atoms with E-state index in [-0.39, 0.29) is 5.56 Å². The Morgan fingerprint density at radius 1 is 1.08 bits per heavy atom. The molecule has 124 valence electrons. The highest BCUT2D eigenvalue weighted by molar-refractivity contribution is 7.80. The molecule has 0 unspecified atom stereocenters. The maximum Gasteiger partial charge on any atom is 0.283 e. The van der Waals surface area contributed by atoms with Gasteiger partial charge in [0.25, 0.3) is 11.3 Å². The van der Waals surface area contributed by atoms with Gasteiger partial charge in [-0.2, -0.15) is 4.52 Å². The number of nitrogens with one attached hydrogen (secondary N) is 2. The second-order valence-corrected chi connectivity index (χ2v) is 5.87. The second kappa shape index (κ2) is 5.99. The highest BCUT2D eigenvalue weighted by Crippen LogP contribution is 2.10. The normalized spacial score (nSPS) is 10.9. The van der Waals surface area contributed by atoms with E-state index in [2.05, 4.69) is 20.8 Å². The average molecular weight is 350 g/mol. The number of hydrogen-bond acceptors (Lipinski definition) is 4. The molecule has 4 aromatic rings. The van der Waals surface area contributed by atoms with Gasteiger partial charge in [0.15, 0.2) is 5.11 Å². The summed E-state index contributed by atoms with van der Waals surface area (Å²) in [6.07, 6.45) is 0. The highest BCUT2D eigenvalue weighted by atomic mass is 32.1. The van der Waals surface area contributed by atoms with Gasteiger partial charge in [-0.15, -0.1) is 5.10 Å². The average Bonchev–Trinajstić information content (AvgIpc) is 2.92. The van der Waals surface area contributed by atoms with Crippen molar-refractivity contribution in [2.75, 3.05) is 10.7 Å². The van der Waals surface area contributed by atoms with Crippen molar-refractivity contribution in [3.63, 3.8) is 0 Å². The first kappa shape index (κ1) is 15.3. The van der Waals surface area contributed by atoms with E-state index < -0.39 is 0 Å². The molecule has 0 radical (unpaired) electrons. The van der Waals surface area contributed by atoms with Crippen LogP contribution in [0.15, 0.2) is 59.4 Å². The summed E-state index contributed by atoms with van der Waals surface area (Å²) in [5.41, 5.74) is 4.28. The first-order valence-electron chi connectivity index (χ1n) is 7.64. The molecule has 0 atom stereocenters. The van der Waals surface area contributed by atoms with E-state index in [4.69, 9.17) is 12.2 Å². The monoisotopic (exact) mass is 350 g/mol. The molecular formula is C17H14N6OS. The molecule has 4 rings (SSSR count). The van der Waals surface area contributed by atoms with Crippen LogP contribution in [0.3, 0.4) is 0 Å². The molecule has 0 spiro atoms. The van der Waals surface area contributed by atoms with Crippen LogP contribution in [0.4, 0.5) is 5.69 Å². The minimum atomic E-state index is -0.216. The zero-order chi connectivity index (χ0) is 17.4. The summed E-state index contributed by atoms with van der Waals surface area (Å²) in [5, 5.41) is 8.25. The van der Waals surface area contributed by atoms with Crippen LogP contribution in [-0.4, -0.2) is 24.4 Å². The maximum atomic E-state index is 12.6. The zero-order valence-electron chi connectivity index (χ0n) is 13.3.